The van der Waals surface area contributed by atoms with Crippen LogP contribution in [0.2, 0.25) is 0 Å². The Morgan fingerprint density at radius 2 is 2.20 bits per heavy atom. The molecule has 2 aromatic rings. The maximum Gasteiger partial charge on any atom is 0.410 e. The molecule has 0 unspecified atom stereocenters. The topological polar surface area (TPSA) is 123 Å². The van der Waals surface area contributed by atoms with Crippen LogP contribution in [-0.4, -0.2) is 42.1 Å². The molecule has 11 heteroatoms. The van der Waals surface area contributed by atoms with Crippen LogP contribution in [0.1, 0.15) is 39.5 Å². The van der Waals surface area contributed by atoms with Crippen LogP contribution in [-0.2, 0) is 17.7 Å². The fourth-order valence-corrected chi connectivity index (χ4v) is 4.97. The van der Waals surface area contributed by atoms with Gasteiger partial charge >= 0.3 is 11.8 Å². The summed E-state index contributed by atoms with van der Waals surface area (Å²) in [5, 5.41) is 18.1. The van der Waals surface area contributed by atoms with Crippen LogP contribution in [0.3, 0.4) is 0 Å². The number of nitrogens with zero attached hydrogens (tertiary/aromatic N) is 2. The van der Waals surface area contributed by atoms with Crippen molar-refractivity contribution in [3.05, 3.63) is 49.9 Å². The molecule has 2 N–H and O–H groups in total. The molecule has 3 heterocycles. The number of fused-ring (bicyclic) bond motifs is 3. The van der Waals surface area contributed by atoms with Gasteiger partial charge in [0.05, 0.1) is 30.7 Å². The molecule has 2 aliphatic rings. The van der Waals surface area contributed by atoms with E-state index >= 15 is 0 Å². The number of nitro benzene ring substituents is 1. The fraction of sp³-hybridized carbons (Fsp3) is 0.368. The van der Waals surface area contributed by atoms with E-state index < -0.39 is 11.1 Å². The van der Waals surface area contributed by atoms with Crippen molar-refractivity contribution < 1.29 is 24.0 Å². The largest absolute Gasteiger partial charge is 0.490 e. The second-order valence-electron chi connectivity index (χ2n) is 6.82. The second-order valence-corrected chi connectivity index (χ2v) is 7.92. The normalized spacial score (nSPS) is 17.3. The fourth-order valence-electron chi connectivity index (χ4n) is 3.68. The van der Waals surface area contributed by atoms with Gasteiger partial charge in [-0.2, -0.15) is 0 Å². The van der Waals surface area contributed by atoms with Crippen molar-refractivity contribution in [2.75, 3.05) is 25.6 Å². The van der Waals surface area contributed by atoms with Gasteiger partial charge in [-0.25, -0.2) is 4.79 Å². The molecule has 0 fully saturated rings. The van der Waals surface area contributed by atoms with Crippen LogP contribution in [0.5, 0.6) is 5.75 Å². The number of ether oxygens (including phenoxy) is 2. The van der Waals surface area contributed by atoms with E-state index in [0.29, 0.717) is 42.2 Å². The van der Waals surface area contributed by atoms with E-state index in [1.807, 2.05) is 0 Å². The van der Waals surface area contributed by atoms with E-state index in [1.165, 1.54) is 30.6 Å². The first kappa shape index (κ1) is 20.0. The van der Waals surface area contributed by atoms with Crippen molar-refractivity contribution in [3.63, 3.8) is 0 Å². The van der Waals surface area contributed by atoms with E-state index in [1.54, 1.807) is 17.9 Å². The number of carbonyl (C=O) groups is 2. The Bertz CT molecular complexity index is 1040. The standard InChI is InChI=1S/C19H20N4O6S/c1-3-29-19(25)22-7-6-11-14(9-22)30-18-15(11)17(24)20-16(21-18)10-4-5-13(28-2)12(8-10)23(26)27/h4-5,8,16,21H,3,6-7,9H2,1-2H3,(H,20,24)/t16-/m0/s1. The van der Waals surface area contributed by atoms with Gasteiger partial charge < -0.3 is 25.0 Å². The number of carbonyl (C=O) groups excluding carboxylic acids is 2. The third-order valence-corrected chi connectivity index (χ3v) is 6.24. The molecule has 1 atom stereocenters. The lowest BCUT2D eigenvalue weighted by atomic mass is 10.0. The van der Waals surface area contributed by atoms with Gasteiger partial charge in [0.15, 0.2) is 5.75 Å². The highest BCUT2D eigenvalue weighted by atomic mass is 32.1. The summed E-state index contributed by atoms with van der Waals surface area (Å²) in [5.41, 5.74) is 1.88. The van der Waals surface area contributed by atoms with Crippen LogP contribution in [0, 0.1) is 10.1 Å². The summed E-state index contributed by atoms with van der Waals surface area (Å²) in [6.45, 7) is 2.94. The van der Waals surface area contributed by atoms with E-state index in [2.05, 4.69) is 10.6 Å². The zero-order chi connectivity index (χ0) is 21.4. The summed E-state index contributed by atoms with van der Waals surface area (Å²) >= 11 is 1.42. The number of nitro groups is 1. The molecule has 0 saturated carbocycles. The number of anilines is 1. The molecule has 158 valence electrons. The zero-order valence-electron chi connectivity index (χ0n) is 16.4. The molecule has 0 radical (unpaired) electrons. The Labute approximate surface area is 175 Å². The summed E-state index contributed by atoms with van der Waals surface area (Å²) in [5.74, 6) is -0.0912. The minimum Gasteiger partial charge on any atom is -0.490 e. The Balaban J connectivity index is 1.61. The van der Waals surface area contributed by atoms with Gasteiger partial charge in [0.1, 0.15) is 11.2 Å². The molecule has 0 aliphatic carbocycles. The highest BCUT2D eigenvalue weighted by Gasteiger charge is 2.35. The monoisotopic (exact) mass is 432 g/mol. The van der Waals surface area contributed by atoms with Crippen molar-refractivity contribution in [2.45, 2.75) is 26.1 Å². The molecule has 4 rings (SSSR count). The van der Waals surface area contributed by atoms with Gasteiger partial charge in [0.2, 0.25) is 0 Å². The number of rotatable bonds is 4. The molecular formula is C19H20N4O6S. The predicted octanol–water partition coefficient (Wildman–Crippen LogP) is 3.03. The number of methoxy groups -OCH3 is 1. The summed E-state index contributed by atoms with van der Waals surface area (Å²) in [4.78, 5) is 38.2. The molecule has 2 amide bonds. The number of amides is 2. The van der Waals surface area contributed by atoms with Crippen molar-refractivity contribution in [3.8, 4) is 5.75 Å². The molecule has 1 aromatic carbocycles. The van der Waals surface area contributed by atoms with E-state index in [9.17, 15) is 19.7 Å². The quantitative estimate of drug-likeness (QED) is 0.562. The molecule has 30 heavy (non-hydrogen) atoms. The molecule has 10 nitrogen and oxygen atoms in total. The maximum atomic E-state index is 12.9. The highest BCUT2D eigenvalue weighted by Crippen LogP contribution is 2.41. The summed E-state index contributed by atoms with van der Waals surface area (Å²) in [7, 11) is 1.37. The number of benzene rings is 1. The Morgan fingerprint density at radius 3 is 2.90 bits per heavy atom. The lowest BCUT2D eigenvalue weighted by Gasteiger charge is -2.28. The average Bonchev–Trinajstić information content (AvgIpc) is 3.11. The SMILES string of the molecule is CCOC(=O)N1CCc2c(sc3c2C(=O)N[C@H](c2ccc(OC)c([N+](=O)[O-])c2)N3)C1. The number of thiophene rings is 1. The second kappa shape index (κ2) is 7.82. The van der Waals surface area contributed by atoms with Crippen molar-refractivity contribution in [1.29, 1.82) is 0 Å². The van der Waals surface area contributed by atoms with E-state index in [0.717, 1.165) is 10.4 Å². The van der Waals surface area contributed by atoms with Gasteiger partial charge in [0, 0.05) is 23.1 Å². The molecule has 0 spiro atoms. The van der Waals surface area contributed by atoms with Crippen molar-refractivity contribution in [1.82, 2.24) is 10.2 Å². The Morgan fingerprint density at radius 1 is 1.40 bits per heavy atom. The lowest BCUT2D eigenvalue weighted by Crippen LogP contribution is -2.39. The maximum absolute atomic E-state index is 12.9. The van der Waals surface area contributed by atoms with E-state index in [-0.39, 0.29) is 23.4 Å². The minimum absolute atomic E-state index is 0.150. The summed E-state index contributed by atoms with van der Waals surface area (Å²) < 4.78 is 10.1. The number of nitrogens with one attached hydrogen (secondary N) is 2. The zero-order valence-corrected chi connectivity index (χ0v) is 17.2. The van der Waals surface area contributed by atoms with Crippen molar-refractivity contribution in [2.24, 2.45) is 0 Å². The molecule has 0 saturated heterocycles. The smallest absolute Gasteiger partial charge is 0.410 e. The Hall–Kier alpha value is -3.34. The summed E-state index contributed by atoms with van der Waals surface area (Å²) in [6, 6.07) is 4.57. The number of hydrogen-bond acceptors (Lipinski definition) is 8. The minimum atomic E-state index is -0.615. The number of hydrogen-bond donors (Lipinski definition) is 2. The third kappa shape index (κ3) is 3.41. The van der Waals surface area contributed by atoms with Gasteiger partial charge in [-0.1, -0.05) is 6.07 Å². The average molecular weight is 432 g/mol. The first-order valence-corrected chi connectivity index (χ1v) is 10.2. The first-order valence-electron chi connectivity index (χ1n) is 9.38. The van der Waals surface area contributed by atoms with Gasteiger partial charge in [-0.05, 0) is 25.0 Å². The molecule has 2 aliphatic heterocycles. The summed E-state index contributed by atoms with van der Waals surface area (Å²) in [6.07, 6.45) is -0.417. The molecular weight excluding hydrogens is 412 g/mol. The van der Waals surface area contributed by atoms with E-state index in [4.69, 9.17) is 9.47 Å². The molecule has 1 aromatic heterocycles. The van der Waals surface area contributed by atoms with Gasteiger partial charge in [-0.3, -0.25) is 14.9 Å². The van der Waals surface area contributed by atoms with Gasteiger partial charge in [-0.15, -0.1) is 11.3 Å². The third-order valence-electron chi connectivity index (χ3n) is 5.09. The highest BCUT2D eigenvalue weighted by molar-refractivity contribution is 7.16. The van der Waals surface area contributed by atoms with Crippen LogP contribution in [0.15, 0.2) is 18.2 Å². The first-order chi connectivity index (χ1) is 14.4. The van der Waals surface area contributed by atoms with Gasteiger partial charge in [0.25, 0.3) is 5.91 Å². The Kier molecular flexibility index (Phi) is 5.20. The van der Waals surface area contributed by atoms with Crippen LogP contribution in [0.25, 0.3) is 0 Å². The molecule has 0 bridgehead atoms. The van der Waals surface area contributed by atoms with Crippen LogP contribution in [0.4, 0.5) is 15.5 Å². The van der Waals surface area contributed by atoms with Crippen LogP contribution >= 0.6 is 11.3 Å². The predicted molar refractivity (Wildman–Crippen MR) is 109 cm³/mol. The van der Waals surface area contributed by atoms with Crippen LogP contribution < -0.4 is 15.4 Å². The lowest BCUT2D eigenvalue weighted by molar-refractivity contribution is -0.385. The van der Waals surface area contributed by atoms with Crippen molar-refractivity contribution >= 4 is 34.0 Å².